The molecule has 4 heterocycles. The molecule has 1 saturated heterocycles. The topological polar surface area (TPSA) is 83.3 Å². The van der Waals surface area contributed by atoms with E-state index in [9.17, 15) is 0 Å². The van der Waals surface area contributed by atoms with Crippen molar-refractivity contribution in [2.45, 2.75) is 63.7 Å². The van der Waals surface area contributed by atoms with Gasteiger partial charge in [0.2, 0.25) is 0 Å². The average Bonchev–Trinajstić information content (AvgIpc) is 3.26. The molecule has 220 valence electrons. The molecule has 2 aromatic carbocycles. The van der Waals surface area contributed by atoms with Gasteiger partial charge in [-0.2, -0.15) is 0 Å². The van der Waals surface area contributed by atoms with Crippen molar-refractivity contribution in [3.05, 3.63) is 89.5 Å². The summed E-state index contributed by atoms with van der Waals surface area (Å²) in [5.41, 5.74) is 4.39. The predicted molar refractivity (Wildman–Crippen MR) is 166 cm³/mol. The van der Waals surface area contributed by atoms with Crippen LogP contribution in [0.3, 0.4) is 0 Å². The highest BCUT2D eigenvalue weighted by molar-refractivity contribution is 6.33. The number of aromatic nitrogens is 4. The molecule has 1 N–H and O–H groups in total. The maximum absolute atomic E-state index is 6.62. The number of anilines is 1. The van der Waals surface area contributed by atoms with E-state index in [0.29, 0.717) is 17.6 Å². The van der Waals surface area contributed by atoms with Gasteiger partial charge in [-0.3, -0.25) is 0 Å². The van der Waals surface area contributed by atoms with Crippen LogP contribution in [0.15, 0.2) is 73.2 Å². The van der Waals surface area contributed by atoms with E-state index < -0.39 is 5.79 Å². The molecule has 43 heavy (non-hydrogen) atoms. The molecule has 5 aromatic rings. The minimum Gasteiger partial charge on any atom is -0.497 e. The van der Waals surface area contributed by atoms with Gasteiger partial charge in [-0.15, -0.1) is 0 Å². The molecule has 8 nitrogen and oxygen atoms in total. The molecule has 3 aromatic heterocycles. The number of hydrogen-bond acceptors (Lipinski definition) is 7. The standard InChI is InChI=1S/C34H34ClN5O3/c1-33(2)42-29-28(40-15-13-24-31(35)37-19-38-32(24)40)25-17-34(25,30(29)43-33)14-12-20-4-7-22-8-11-27(39-26(22)16-20)36-18-21-5-9-23(41-3)10-6-21/h4-11,13,15-16,19,25,28-30H,12,14,17-18H2,1-3H3,(H,36,39)/t25-,28-,29+,30+,34-/m1/s1. The summed E-state index contributed by atoms with van der Waals surface area (Å²) in [7, 11) is 1.68. The number of halogens is 1. The lowest BCUT2D eigenvalue weighted by molar-refractivity contribution is -0.161. The molecule has 1 aliphatic heterocycles. The number of pyridine rings is 1. The molecule has 2 aliphatic carbocycles. The first-order valence-corrected chi connectivity index (χ1v) is 15.3. The Kier molecular flexibility index (Phi) is 6.19. The molecule has 3 fully saturated rings. The maximum Gasteiger partial charge on any atom is 0.163 e. The lowest BCUT2D eigenvalue weighted by atomic mass is 9.91. The van der Waals surface area contributed by atoms with Gasteiger partial charge < -0.3 is 24.1 Å². The van der Waals surface area contributed by atoms with Crippen molar-refractivity contribution in [1.82, 2.24) is 19.5 Å². The number of aryl methyl sites for hydroxylation is 1. The molecule has 0 unspecified atom stereocenters. The quantitative estimate of drug-likeness (QED) is 0.194. The molecule has 3 aliphatic rings. The fourth-order valence-corrected chi connectivity index (χ4v) is 7.73. The van der Waals surface area contributed by atoms with Crippen molar-refractivity contribution < 1.29 is 14.2 Å². The molecule has 0 radical (unpaired) electrons. The lowest BCUT2D eigenvalue weighted by Crippen LogP contribution is -2.32. The van der Waals surface area contributed by atoms with Gasteiger partial charge in [0.15, 0.2) is 5.79 Å². The van der Waals surface area contributed by atoms with E-state index in [1.807, 2.05) is 38.1 Å². The average molecular weight is 596 g/mol. The summed E-state index contributed by atoms with van der Waals surface area (Å²) in [6.45, 7) is 4.74. The Morgan fingerprint density at radius 1 is 1.02 bits per heavy atom. The first-order chi connectivity index (χ1) is 20.8. The van der Waals surface area contributed by atoms with E-state index in [-0.39, 0.29) is 23.7 Å². The minimum atomic E-state index is -0.619. The number of rotatable bonds is 8. The molecule has 2 saturated carbocycles. The summed E-state index contributed by atoms with van der Waals surface area (Å²) in [5.74, 6) is 1.56. The second-order valence-corrected chi connectivity index (χ2v) is 13.0. The van der Waals surface area contributed by atoms with Crippen LogP contribution in [-0.4, -0.2) is 44.6 Å². The minimum absolute atomic E-state index is 0.0318. The number of nitrogens with zero attached hydrogens (tertiary/aromatic N) is 4. The number of hydrogen-bond donors (Lipinski definition) is 1. The van der Waals surface area contributed by atoms with Gasteiger partial charge >= 0.3 is 0 Å². The number of methoxy groups -OCH3 is 1. The van der Waals surface area contributed by atoms with Crippen LogP contribution >= 0.6 is 11.6 Å². The molecular weight excluding hydrogens is 562 g/mol. The highest BCUT2D eigenvalue weighted by Crippen LogP contribution is 2.73. The van der Waals surface area contributed by atoms with Crippen LogP contribution in [0.5, 0.6) is 5.75 Å². The smallest absolute Gasteiger partial charge is 0.163 e. The van der Waals surface area contributed by atoms with Crippen LogP contribution in [0.2, 0.25) is 5.15 Å². The summed E-state index contributed by atoms with van der Waals surface area (Å²) in [6, 6.07) is 21.1. The van der Waals surface area contributed by atoms with Gasteiger partial charge in [0.1, 0.15) is 34.8 Å². The van der Waals surface area contributed by atoms with Gasteiger partial charge in [-0.05, 0) is 86.6 Å². The molecule has 0 spiro atoms. The van der Waals surface area contributed by atoms with Crippen molar-refractivity contribution in [2.24, 2.45) is 11.3 Å². The van der Waals surface area contributed by atoms with Crippen LogP contribution < -0.4 is 10.1 Å². The third-order valence-electron chi connectivity index (χ3n) is 9.67. The summed E-state index contributed by atoms with van der Waals surface area (Å²) >= 11 is 6.40. The highest BCUT2D eigenvalue weighted by atomic mass is 35.5. The number of nitrogens with one attached hydrogen (secondary N) is 1. The van der Waals surface area contributed by atoms with Crippen molar-refractivity contribution >= 4 is 39.4 Å². The van der Waals surface area contributed by atoms with E-state index in [0.717, 1.165) is 52.8 Å². The Bertz CT molecular complexity index is 1840. The van der Waals surface area contributed by atoms with E-state index in [1.165, 1.54) is 17.5 Å². The Labute approximate surface area is 255 Å². The molecule has 9 heteroatoms. The second kappa shape index (κ2) is 9.91. The largest absolute Gasteiger partial charge is 0.497 e. The van der Waals surface area contributed by atoms with E-state index in [4.69, 9.17) is 30.8 Å². The normalized spacial score (nSPS) is 26.9. The summed E-state index contributed by atoms with van der Waals surface area (Å²) in [6.07, 6.45) is 6.74. The van der Waals surface area contributed by atoms with Crippen molar-refractivity contribution in [3.63, 3.8) is 0 Å². The monoisotopic (exact) mass is 595 g/mol. The summed E-state index contributed by atoms with van der Waals surface area (Å²) in [4.78, 5) is 13.7. The third kappa shape index (κ3) is 4.55. The van der Waals surface area contributed by atoms with Crippen molar-refractivity contribution in [1.29, 1.82) is 0 Å². The Morgan fingerprint density at radius 3 is 2.67 bits per heavy atom. The summed E-state index contributed by atoms with van der Waals surface area (Å²) < 4.78 is 20.7. The molecule has 0 amide bonds. The van der Waals surface area contributed by atoms with Crippen LogP contribution in [0.1, 0.15) is 43.9 Å². The lowest BCUT2D eigenvalue weighted by Gasteiger charge is -2.24. The van der Waals surface area contributed by atoms with E-state index in [1.54, 1.807) is 7.11 Å². The first-order valence-electron chi connectivity index (χ1n) is 14.9. The fraction of sp³-hybridized carbons (Fsp3) is 0.382. The SMILES string of the molecule is COc1ccc(CNc2ccc3ccc(CC[C@@]45C[C@@H]4[C@@H](n4ccc6c(Cl)ncnc64)[C@@H]4OC(C)(C)O[C@@H]45)cc3n2)cc1. The zero-order chi connectivity index (χ0) is 29.3. The number of ether oxygens (including phenoxy) is 3. The molecule has 5 atom stereocenters. The maximum atomic E-state index is 6.62. The van der Waals surface area contributed by atoms with Gasteiger partial charge in [0.25, 0.3) is 0 Å². The Morgan fingerprint density at radius 2 is 1.84 bits per heavy atom. The Hall–Kier alpha value is -3.72. The zero-order valence-corrected chi connectivity index (χ0v) is 25.2. The van der Waals surface area contributed by atoms with Crippen molar-refractivity contribution in [3.8, 4) is 5.75 Å². The van der Waals surface area contributed by atoms with Crippen LogP contribution in [0.25, 0.3) is 21.9 Å². The van der Waals surface area contributed by atoms with E-state index >= 15 is 0 Å². The van der Waals surface area contributed by atoms with Gasteiger partial charge in [0.05, 0.1) is 30.2 Å². The fourth-order valence-electron chi connectivity index (χ4n) is 7.54. The van der Waals surface area contributed by atoms with Crippen LogP contribution in [0, 0.1) is 11.3 Å². The highest BCUT2D eigenvalue weighted by Gasteiger charge is 2.75. The van der Waals surface area contributed by atoms with Crippen molar-refractivity contribution in [2.75, 3.05) is 12.4 Å². The van der Waals surface area contributed by atoms with Crippen LogP contribution in [0.4, 0.5) is 5.82 Å². The second-order valence-electron chi connectivity index (χ2n) is 12.6. The van der Waals surface area contributed by atoms with E-state index in [2.05, 4.69) is 62.4 Å². The van der Waals surface area contributed by atoms with Crippen LogP contribution in [-0.2, 0) is 22.4 Å². The Balaban J connectivity index is 1.02. The van der Waals surface area contributed by atoms with Gasteiger partial charge in [0, 0.05) is 23.5 Å². The summed E-state index contributed by atoms with van der Waals surface area (Å²) in [5, 5.41) is 5.95. The first kappa shape index (κ1) is 26.9. The molecule has 0 bridgehead atoms. The van der Waals surface area contributed by atoms with Gasteiger partial charge in [-0.25, -0.2) is 15.0 Å². The predicted octanol–water partition coefficient (Wildman–Crippen LogP) is 6.97. The van der Waals surface area contributed by atoms with Gasteiger partial charge in [-0.1, -0.05) is 35.9 Å². The number of benzene rings is 2. The molecule has 8 rings (SSSR count). The third-order valence-corrected chi connectivity index (χ3v) is 9.97. The zero-order valence-electron chi connectivity index (χ0n) is 24.5. The molecular formula is C34H34ClN5O3. The number of fused-ring (bicyclic) bond motifs is 5.